The summed E-state index contributed by atoms with van der Waals surface area (Å²) in [6.07, 6.45) is 0.305. The number of benzene rings is 3. The van der Waals surface area contributed by atoms with Gasteiger partial charge in [0.2, 0.25) is 5.91 Å². The summed E-state index contributed by atoms with van der Waals surface area (Å²) in [5, 5.41) is 2.95. The number of methoxy groups -OCH3 is 1. The Morgan fingerprint density at radius 1 is 1.04 bits per heavy atom. The van der Waals surface area contributed by atoms with Gasteiger partial charge in [-0.3, -0.25) is 4.79 Å². The van der Waals surface area contributed by atoms with Gasteiger partial charge in [-0.2, -0.15) is 0 Å². The summed E-state index contributed by atoms with van der Waals surface area (Å²) in [5.74, 6) is 1.53. The van der Waals surface area contributed by atoms with Gasteiger partial charge in [-0.15, -0.1) is 0 Å². The van der Waals surface area contributed by atoms with Crippen molar-refractivity contribution < 1.29 is 9.53 Å². The Morgan fingerprint density at radius 3 is 2.50 bits per heavy atom. The Morgan fingerprint density at radius 2 is 1.79 bits per heavy atom. The highest BCUT2D eigenvalue weighted by Crippen LogP contribution is 2.23. The number of anilines is 1. The molecule has 1 amide bonds. The fourth-order valence-electron chi connectivity index (χ4n) is 3.07. The van der Waals surface area contributed by atoms with Crippen molar-refractivity contribution in [1.29, 1.82) is 0 Å². The number of fused-ring (bicyclic) bond motifs is 1. The summed E-state index contributed by atoms with van der Waals surface area (Å²) < 4.78 is 5.14. The molecule has 1 heterocycles. The normalized spacial score (nSPS) is 10.8. The zero-order valence-electron chi connectivity index (χ0n) is 15.8. The maximum atomic E-state index is 12.4. The maximum absolute atomic E-state index is 12.4. The van der Waals surface area contributed by atoms with Crippen LogP contribution in [0.3, 0.4) is 0 Å². The summed E-state index contributed by atoms with van der Waals surface area (Å²) in [7, 11) is 1.62. The van der Waals surface area contributed by atoms with Crippen LogP contribution in [0.2, 0.25) is 0 Å². The van der Waals surface area contributed by atoms with Gasteiger partial charge in [0, 0.05) is 11.3 Å². The first-order valence-corrected chi connectivity index (χ1v) is 9.10. The van der Waals surface area contributed by atoms with Crippen LogP contribution in [0.1, 0.15) is 11.1 Å². The molecule has 0 saturated carbocycles. The second-order valence-corrected chi connectivity index (χ2v) is 6.76. The number of carbonyl (C=O) groups excluding carboxylic acids is 1. The molecule has 1 aromatic heterocycles. The number of nitrogens with one attached hydrogen (secondary N) is 2. The molecule has 28 heavy (non-hydrogen) atoms. The van der Waals surface area contributed by atoms with Crippen LogP contribution < -0.4 is 10.1 Å². The second-order valence-electron chi connectivity index (χ2n) is 6.76. The lowest BCUT2D eigenvalue weighted by atomic mass is 10.1. The first-order chi connectivity index (χ1) is 13.6. The average molecular weight is 371 g/mol. The van der Waals surface area contributed by atoms with Gasteiger partial charge in [-0.1, -0.05) is 42.0 Å². The molecule has 0 aliphatic rings. The largest absolute Gasteiger partial charge is 0.497 e. The molecular weight excluding hydrogens is 350 g/mol. The quantitative estimate of drug-likeness (QED) is 0.533. The molecule has 0 fully saturated rings. The fraction of sp³-hybridized carbons (Fsp3) is 0.130. The van der Waals surface area contributed by atoms with Gasteiger partial charge in [-0.25, -0.2) is 4.98 Å². The monoisotopic (exact) mass is 371 g/mol. The van der Waals surface area contributed by atoms with Gasteiger partial charge in [0.1, 0.15) is 11.6 Å². The lowest BCUT2D eigenvalue weighted by Crippen LogP contribution is -2.14. The van der Waals surface area contributed by atoms with Crippen LogP contribution in [-0.2, 0) is 11.2 Å². The molecule has 3 aromatic carbocycles. The summed E-state index contributed by atoms with van der Waals surface area (Å²) in [6.45, 7) is 2.06. The van der Waals surface area contributed by atoms with E-state index in [4.69, 9.17) is 4.74 Å². The smallest absolute Gasteiger partial charge is 0.228 e. The minimum Gasteiger partial charge on any atom is -0.497 e. The molecule has 5 heteroatoms. The highest BCUT2D eigenvalue weighted by atomic mass is 16.5. The first kappa shape index (κ1) is 17.8. The summed E-state index contributed by atoms with van der Waals surface area (Å²) >= 11 is 0. The lowest BCUT2D eigenvalue weighted by Gasteiger charge is -2.06. The van der Waals surface area contributed by atoms with Crippen LogP contribution in [0.15, 0.2) is 66.7 Å². The van der Waals surface area contributed by atoms with Gasteiger partial charge in [0.05, 0.1) is 24.6 Å². The third kappa shape index (κ3) is 3.88. The van der Waals surface area contributed by atoms with Crippen LogP contribution >= 0.6 is 0 Å². The molecule has 2 N–H and O–H groups in total. The number of nitrogens with zero attached hydrogens (tertiary/aromatic N) is 1. The highest BCUT2D eigenvalue weighted by molar-refractivity contribution is 5.94. The van der Waals surface area contributed by atoms with E-state index < -0.39 is 0 Å². The minimum atomic E-state index is -0.0669. The van der Waals surface area contributed by atoms with E-state index in [0.29, 0.717) is 6.42 Å². The van der Waals surface area contributed by atoms with Crippen molar-refractivity contribution in [3.63, 3.8) is 0 Å². The van der Waals surface area contributed by atoms with E-state index in [9.17, 15) is 4.79 Å². The van der Waals surface area contributed by atoms with Crippen molar-refractivity contribution >= 4 is 22.6 Å². The molecule has 5 nitrogen and oxygen atoms in total. The van der Waals surface area contributed by atoms with Crippen molar-refractivity contribution in [2.75, 3.05) is 12.4 Å². The van der Waals surface area contributed by atoms with E-state index in [0.717, 1.165) is 39.4 Å². The molecule has 0 aliphatic heterocycles. The van der Waals surface area contributed by atoms with Crippen LogP contribution in [0.25, 0.3) is 22.4 Å². The van der Waals surface area contributed by atoms with Crippen molar-refractivity contribution in [2.45, 2.75) is 13.3 Å². The van der Waals surface area contributed by atoms with Gasteiger partial charge >= 0.3 is 0 Å². The van der Waals surface area contributed by atoms with Crippen LogP contribution in [0, 0.1) is 6.92 Å². The number of H-pyrrole nitrogens is 1. The minimum absolute atomic E-state index is 0.0669. The van der Waals surface area contributed by atoms with Crippen LogP contribution in [0.4, 0.5) is 5.69 Å². The van der Waals surface area contributed by atoms with Gasteiger partial charge < -0.3 is 15.0 Å². The van der Waals surface area contributed by atoms with Crippen molar-refractivity contribution in [3.8, 4) is 17.1 Å². The number of amides is 1. The highest BCUT2D eigenvalue weighted by Gasteiger charge is 2.08. The molecule has 0 aliphatic carbocycles. The van der Waals surface area contributed by atoms with E-state index in [1.54, 1.807) is 7.11 Å². The Balaban J connectivity index is 1.49. The van der Waals surface area contributed by atoms with E-state index >= 15 is 0 Å². The third-order valence-electron chi connectivity index (χ3n) is 4.61. The zero-order valence-corrected chi connectivity index (χ0v) is 15.8. The SMILES string of the molecule is COc1ccc(CC(=O)Nc2ccc3nc(-c4ccc(C)cc4)[nH]c3c2)cc1. The number of aryl methyl sites for hydroxylation is 1. The number of hydrogen-bond acceptors (Lipinski definition) is 3. The maximum Gasteiger partial charge on any atom is 0.228 e. The summed E-state index contributed by atoms with van der Waals surface area (Å²) in [6, 6.07) is 21.4. The Bertz CT molecular complexity index is 1110. The standard InChI is InChI=1S/C23H21N3O2/c1-15-3-7-17(8-4-15)23-25-20-12-9-18(14-21(20)26-23)24-22(27)13-16-5-10-19(28-2)11-6-16/h3-12,14H,13H2,1-2H3,(H,24,27)(H,25,26). The van der Waals surface area contributed by atoms with Gasteiger partial charge in [0.25, 0.3) is 0 Å². The predicted molar refractivity (Wildman–Crippen MR) is 112 cm³/mol. The summed E-state index contributed by atoms with van der Waals surface area (Å²) in [4.78, 5) is 20.3. The number of carbonyl (C=O) groups is 1. The first-order valence-electron chi connectivity index (χ1n) is 9.10. The third-order valence-corrected chi connectivity index (χ3v) is 4.61. The van der Waals surface area contributed by atoms with E-state index in [1.807, 2.05) is 54.6 Å². The Labute approximate surface area is 163 Å². The van der Waals surface area contributed by atoms with Gasteiger partial charge in [-0.05, 0) is 42.8 Å². The fourth-order valence-corrected chi connectivity index (χ4v) is 3.07. The molecule has 0 atom stereocenters. The number of ether oxygens (including phenoxy) is 1. The topological polar surface area (TPSA) is 67.0 Å². The van der Waals surface area contributed by atoms with Crippen LogP contribution in [0.5, 0.6) is 5.75 Å². The molecule has 0 spiro atoms. The molecule has 140 valence electrons. The number of hydrogen-bond donors (Lipinski definition) is 2. The van der Waals surface area contributed by atoms with Gasteiger partial charge in [0.15, 0.2) is 0 Å². The molecule has 0 unspecified atom stereocenters. The molecule has 4 aromatic rings. The number of imidazole rings is 1. The molecule has 0 bridgehead atoms. The van der Waals surface area contributed by atoms with Crippen molar-refractivity contribution in [1.82, 2.24) is 9.97 Å². The van der Waals surface area contributed by atoms with Crippen molar-refractivity contribution in [2.24, 2.45) is 0 Å². The molecule has 0 radical (unpaired) electrons. The predicted octanol–water partition coefficient (Wildman–Crippen LogP) is 4.73. The molecule has 0 saturated heterocycles. The van der Waals surface area contributed by atoms with E-state index in [-0.39, 0.29) is 5.91 Å². The Kier molecular flexibility index (Phi) is 4.81. The lowest BCUT2D eigenvalue weighted by molar-refractivity contribution is -0.115. The number of aromatic amines is 1. The Hall–Kier alpha value is -3.60. The number of rotatable bonds is 5. The molecule has 4 rings (SSSR count). The summed E-state index contributed by atoms with van der Waals surface area (Å²) in [5.41, 5.74) is 5.67. The molecular formula is C23H21N3O2. The van der Waals surface area contributed by atoms with E-state index in [2.05, 4.69) is 34.3 Å². The van der Waals surface area contributed by atoms with Crippen LogP contribution in [-0.4, -0.2) is 23.0 Å². The zero-order chi connectivity index (χ0) is 19.5. The average Bonchev–Trinajstić information content (AvgIpc) is 3.12. The van der Waals surface area contributed by atoms with Crippen molar-refractivity contribution in [3.05, 3.63) is 77.9 Å². The second kappa shape index (κ2) is 7.56. The van der Waals surface area contributed by atoms with E-state index in [1.165, 1.54) is 5.56 Å². The number of aromatic nitrogens is 2.